The van der Waals surface area contributed by atoms with Crippen molar-refractivity contribution in [2.24, 2.45) is 10.9 Å². The monoisotopic (exact) mass is 286 g/mol. The Morgan fingerprint density at radius 1 is 1.48 bits per heavy atom. The molecule has 1 aliphatic heterocycles. The summed E-state index contributed by atoms with van der Waals surface area (Å²) >= 11 is 0. The number of anilines is 1. The Hall–Kier alpha value is -2.34. The Morgan fingerprint density at radius 3 is 3.05 bits per heavy atom. The van der Waals surface area contributed by atoms with Crippen LogP contribution in [0.4, 0.5) is 5.82 Å². The second-order valence-corrected chi connectivity index (χ2v) is 5.16. The summed E-state index contributed by atoms with van der Waals surface area (Å²) in [5.41, 5.74) is 7.36. The predicted octanol–water partition coefficient (Wildman–Crippen LogP) is 1.55. The minimum Gasteiger partial charge on any atom is -0.409 e. The molecule has 1 fully saturated rings. The van der Waals surface area contributed by atoms with Crippen LogP contribution >= 0.6 is 0 Å². The molecule has 1 aromatic heterocycles. The maximum absolute atomic E-state index is 9.03. The van der Waals surface area contributed by atoms with Crippen molar-refractivity contribution in [1.29, 1.82) is 0 Å². The molecule has 1 atom stereocenters. The minimum atomic E-state index is 0.0717. The zero-order chi connectivity index (χ0) is 14.8. The summed E-state index contributed by atoms with van der Waals surface area (Å²) in [6.07, 6.45) is 0.132. The van der Waals surface area contributed by atoms with Crippen LogP contribution in [0.15, 0.2) is 35.5 Å². The van der Waals surface area contributed by atoms with Gasteiger partial charge in [-0.25, -0.2) is 4.98 Å². The van der Waals surface area contributed by atoms with Crippen molar-refractivity contribution in [3.05, 3.63) is 35.9 Å². The van der Waals surface area contributed by atoms with Crippen molar-refractivity contribution in [2.45, 2.75) is 13.0 Å². The molecule has 3 N–H and O–H groups in total. The van der Waals surface area contributed by atoms with Gasteiger partial charge in [0.15, 0.2) is 5.84 Å². The molecule has 21 heavy (non-hydrogen) atoms. The summed E-state index contributed by atoms with van der Waals surface area (Å²) in [7, 11) is 0. The Bertz CT molecular complexity index is 686. The molecule has 0 saturated carbocycles. The number of benzene rings is 1. The first-order valence-corrected chi connectivity index (χ1v) is 6.93. The predicted molar refractivity (Wildman–Crippen MR) is 81.9 cm³/mol. The molecule has 2 heterocycles. The van der Waals surface area contributed by atoms with E-state index >= 15 is 0 Å². The molecule has 1 saturated heterocycles. The topological polar surface area (TPSA) is 84.0 Å². The van der Waals surface area contributed by atoms with Gasteiger partial charge in [-0.05, 0) is 19.1 Å². The lowest BCUT2D eigenvalue weighted by Gasteiger charge is -2.33. The Labute approximate surface area is 122 Å². The molecule has 0 aliphatic carbocycles. The molecule has 6 heteroatoms. The van der Waals surface area contributed by atoms with E-state index in [9.17, 15) is 0 Å². The fourth-order valence-corrected chi connectivity index (χ4v) is 2.60. The van der Waals surface area contributed by atoms with Gasteiger partial charge in [0.2, 0.25) is 0 Å². The standard InChI is InChI=1S/C15H18N4O2/c1-10-9-19(6-7-21-10)15-12(14(16)18-20)8-11-4-2-3-5-13(11)17-15/h2-5,8,10,20H,6-7,9H2,1H3,(H2,16,18). The number of amidine groups is 1. The van der Waals surface area contributed by atoms with Crippen LogP contribution in [0.5, 0.6) is 0 Å². The molecule has 0 spiro atoms. The Balaban J connectivity index is 2.13. The normalized spacial score (nSPS) is 20.0. The maximum Gasteiger partial charge on any atom is 0.173 e. The summed E-state index contributed by atoms with van der Waals surface area (Å²) in [6, 6.07) is 9.72. The van der Waals surface area contributed by atoms with Gasteiger partial charge in [-0.15, -0.1) is 0 Å². The van der Waals surface area contributed by atoms with Crippen LogP contribution in [0.25, 0.3) is 10.9 Å². The van der Waals surface area contributed by atoms with Gasteiger partial charge in [0, 0.05) is 18.5 Å². The number of aromatic nitrogens is 1. The number of nitrogens with zero attached hydrogens (tertiary/aromatic N) is 3. The number of nitrogens with two attached hydrogens (primary N) is 1. The molecule has 2 aromatic rings. The molecule has 1 unspecified atom stereocenters. The van der Waals surface area contributed by atoms with Crippen LogP contribution in [0, 0.1) is 0 Å². The smallest absolute Gasteiger partial charge is 0.173 e. The van der Waals surface area contributed by atoms with E-state index in [1.165, 1.54) is 0 Å². The van der Waals surface area contributed by atoms with Gasteiger partial charge < -0.3 is 20.6 Å². The van der Waals surface area contributed by atoms with Crippen LogP contribution in [-0.2, 0) is 4.74 Å². The zero-order valence-corrected chi connectivity index (χ0v) is 11.9. The summed E-state index contributed by atoms with van der Waals surface area (Å²) in [5, 5.41) is 13.1. The van der Waals surface area contributed by atoms with Crippen LogP contribution in [0.1, 0.15) is 12.5 Å². The van der Waals surface area contributed by atoms with E-state index in [2.05, 4.69) is 10.1 Å². The maximum atomic E-state index is 9.03. The van der Waals surface area contributed by atoms with Gasteiger partial charge in [0.1, 0.15) is 5.82 Å². The van der Waals surface area contributed by atoms with E-state index in [4.69, 9.17) is 20.7 Å². The SMILES string of the molecule is CC1CN(c2nc3ccccc3cc2C(N)=NO)CCO1. The third-order valence-electron chi connectivity index (χ3n) is 3.63. The van der Waals surface area contributed by atoms with E-state index in [0.717, 1.165) is 29.8 Å². The number of pyridine rings is 1. The Morgan fingerprint density at radius 2 is 2.29 bits per heavy atom. The zero-order valence-electron chi connectivity index (χ0n) is 11.9. The molecule has 0 radical (unpaired) electrons. The first-order chi connectivity index (χ1) is 10.2. The number of hydrogen-bond acceptors (Lipinski definition) is 5. The lowest BCUT2D eigenvalue weighted by Crippen LogP contribution is -2.42. The molecular formula is C15H18N4O2. The first-order valence-electron chi connectivity index (χ1n) is 6.93. The van der Waals surface area contributed by atoms with E-state index < -0.39 is 0 Å². The highest BCUT2D eigenvalue weighted by molar-refractivity contribution is 6.04. The number of ether oxygens (including phenoxy) is 1. The lowest BCUT2D eigenvalue weighted by molar-refractivity contribution is 0.0529. The van der Waals surface area contributed by atoms with Crippen molar-refractivity contribution in [3.8, 4) is 0 Å². The average Bonchev–Trinajstić information content (AvgIpc) is 2.53. The molecule has 6 nitrogen and oxygen atoms in total. The fourth-order valence-electron chi connectivity index (χ4n) is 2.60. The number of rotatable bonds is 2. The molecule has 0 amide bonds. The molecular weight excluding hydrogens is 268 g/mol. The van der Waals surface area contributed by atoms with Gasteiger partial charge in [0.25, 0.3) is 0 Å². The highest BCUT2D eigenvalue weighted by atomic mass is 16.5. The van der Waals surface area contributed by atoms with Crippen molar-refractivity contribution in [1.82, 2.24) is 4.98 Å². The molecule has 110 valence electrons. The van der Waals surface area contributed by atoms with E-state index in [0.29, 0.717) is 12.2 Å². The van der Waals surface area contributed by atoms with E-state index in [1.54, 1.807) is 0 Å². The van der Waals surface area contributed by atoms with Gasteiger partial charge in [-0.3, -0.25) is 0 Å². The van der Waals surface area contributed by atoms with E-state index in [1.807, 2.05) is 37.3 Å². The van der Waals surface area contributed by atoms with Crippen LogP contribution in [0.2, 0.25) is 0 Å². The quantitative estimate of drug-likeness (QED) is 0.379. The van der Waals surface area contributed by atoms with Gasteiger partial charge in [-0.1, -0.05) is 23.4 Å². The van der Waals surface area contributed by atoms with Crippen LogP contribution in [-0.4, -0.2) is 41.8 Å². The van der Waals surface area contributed by atoms with Gasteiger partial charge in [0.05, 0.1) is 23.8 Å². The second kappa shape index (κ2) is 5.57. The summed E-state index contributed by atoms with van der Waals surface area (Å²) in [4.78, 5) is 6.82. The van der Waals surface area contributed by atoms with Crippen molar-refractivity contribution < 1.29 is 9.94 Å². The number of morpholine rings is 1. The van der Waals surface area contributed by atoms with E-state index in [-0.39, 0.29) is 11.9 Å². The molecule has 1 aliphatic rings. The largest absolute Gasteiger partial charge is 0.409 e. The fraction of sp³-hybridized carbons (Fsp3) is 0.333. The number of para-hydroxylation sites is 1. The second-order valence-electron chi connectivity index (χ2n) is 5.16. The highest BCUT2D eigenvalue weighted by Crippen LogP contribution is 2.25. The molecule has 1 aromatic carbocycles. The lowest BCUT2D eigenvalue weighted by atomic mass is 10.1. The third kappa shape index (κ3) is 2.62. The van der Waals surface area contributed by atoms with Crippen molar-refractivity contribution >= 4 is 22.6 Å². The molecule has 3 rings (SSSR count). The summed E-state index contributed by atoms with van der Waals surface area (Å²) in [5.74, 6) is 0.807. The summed E-state index contributed by atoms with van der Waals surface area (Å²) in [6.45, 7) is 4.14. The average molecular weight is 286 g/mol. The number of oxime groups is 1. The van der Waals surface area contributed by atoms with Crippen molar-refractivity contribution in [3.63, 3.8) is 0 Å². The summed E-state index contributed by atoms with van der Waals surface area (Å²) < 4.78 is 5.56. The molecule has 0 bridgehead atoms. The van der Waals surface area contributed by atoms with Gasteiger partial charge in [-0.2, -0.15) is 0 Å². The van der Waals surface area contributed by atoms with Crippen LogP contribution in [0.3, 0.4) is 0 Å². The van der Waals surface area contributed by atoms with Crippen molar-refractivity contribution in [2.75, 3.05) is 24.6 Å². The van der Waals surface area contributed by atoms with Gasteiger partial charge >= 0.3 is 0 Å². The first kappa shape index (κ1) is 13.6. The number of fused-ring (bicyclic) bond motifs is 1. The van der Waals surface area contributed by atoms with Crippen LogP contribution < -0.4 is 10.6 Å². The Kier molecular flexibility index (Phi) is 3.62. The number of hydrogen-bond donors (Lipinski definition) is 2. The third-order valence-corrected chi connectivity index (χ3v) is 3.63. The highest BCUT2D eigenvalue weighted by Gasteiger charge is 2.22. The minimum absolute atomic E-state index is 0.0717.